The molecule has 3 rings (SSSR count). The average molecular weight is 383 g/mol. The number of carbonyl (C=O) groups excluding carboxylic acids is 1. The molecule has 3 nitrogen and oxygen atoms in total. The van der Waals surface area contributed by atoms with Gasteiger partial charge in [0.05, 0.1) is 0 Å². The van der Waals surface area contributed by atoms with Crippen LogP contribution in [0.1, 0.15) is 16.4 Å². The fourth-order valence-corrected chi connectivity index (χ4v) is 3.71. The van der Waals surface area contributed by atoms with E-state index in [0.29, 0.717) is 10.7 Å². The molecule has 26 heavy (non-hydrogen) atoms. The lowest BCUT2D eigenvalue weighted by Gasteiger charge is -2.18. The van der Waals surface area contributed by atoms with Gasteiger partial charge in [0.2, 0.25) is 5.91 Å². The lowest BCUT2D eigenvalue weighted by molar-refractivity contribution is -0.115. The van der Waals surface area contributed by atoms with Crippen LogP contribution in [0, 0.1) is 6.92 Å². The molecule has 0 bridgehead atoms. The highest BCUT2D eigenvalue weighted by Crippen LogP contribution is 2.37. The molecular formula is C21H19ClN2OS. The number of benzene rings is 3. The van der Waals surface area contributed by atoms with Crippen LogP contribution in [0.4, 0.5) is 11.4 Å². The maximum Gasteiger partial charge on any atom is 0.242 e. The Labute approximate surface area is 162 Å². The minimum Gasteiger partial charge on any atom is -0.399 e. The Morgan fingerprint density at radius 3 is 2.42 bits per heavy atom. The molecule has 0 aliphatic heterocycles. The summed E-state index contributed by atoms with van der Waals surface area (Å²) in [7, 11) is 0. The van der Waals surface area contributed by atoms with E-state index in [9.17, 15) is 4.79 Å². The maximum absolute atomic E-state index is 13.0. The molecule has 3 N–H and O–H groups in total. The summed E-state index contributed by atoms with van der Waals surface area (Å²) in [5, 5.41) is 3.21. The Morgan fingerprint density at radius 1 is 1.04 bits per heavy atom. The molecule has 0 saturated heterocycles. The predicted molar refractivity (Wildman–Crippen MR) is 111 cm³/mol. The van der Waals surface area contributed by atoms with Crippen molar-refractivity contribution in [3.63, 3.8) is 0 Å². The van der Waals surface area contributed by atoms with Crippen molar-refractivity contribution in [2.75, 3.05) is 11.1 Å². The summed E-state index contributed by atoms with van der Waals surface area (Å²) in [4.78, 5) is 14.0. The van der Waals surface area contributed by atoms with Crippen molar-refractivity contribution in [1.29, 1.82) is 0 Å². The van der Waals surface area contributed by atoms with Crippen molar-refractivity contribution >= 4 is 40.6 Å². The van der Waals surface area contributed by atoms with Gasteiger partial charge < -0.3 is 11.1 Å². The zero-order valence-corrected chi connectivity index (χ0v) is 15.8. The third-order valence-corrected chi connectivity index (χ3v) is 5.43. The smallest absolute Gasteiger partial charge is 0.242 e. The highest BCUT2D eigenvalue weighted by molar-refractivity contribution is 8.00. The Morgan fingerprint density at radius 2 is 1.73 bits per heavy atom. The van der Waals surface area contributed by atoms with E-state index in [4.69, 9.17) is 17.3 Å². The second-order valence-corrected chi connectivity index (χ2v) is 7.54. The first kappa shape index (κ1) is 18.4. The highest BCUT2D eigenvalue weighted by atomic mass is 35.5. The normalized spacial score (nSPS) is 11.8. The minimum atomic E-state index is -0.391. The number of hydrogen-bond acceptors (Lipinski definition) is 3. The van der Waals surface area contributed by atoms with E-state index in [-0.39, 0.29) is 5.91 Å². The standard InChI is InChI=1S/C21H19ClN2OS/c1-14-7-8-16(22)13-19(14)24-21(25)20(15-5-3-2-4-6-15)26-18-11-9-17(23)10-12-18/h2-13,20H,23H2,1H3,(H,24,25). The van der Waals surface area contributed by atoms with Crippen LogP contribution in [0.15, 0.2) is 77.7 Å². The van der Waals surface area contributed by atoms with Crippen molar-refractivity contribution in [2.45, 2.75) is 17.1 Å². The largest absolute Gasteiger partial charge is 0.399 e. The SMILES string of the molecule is Cc1ccc(Cl)cc1NC(=O)C(Sc1ccc(N)cc1)c1ccccc1. The zero-order chi connectivity index (χ0) is 18.5. The molecule has 0 radical (unpaired) electrons. The van der Waals surface area contributed by atoms with Crippen LogP contribution < -0.4 is 11.1 Å². The Kier molecular flexibility index (Phi) is 5.86. The summed E-state index contributed by atoms with van der Waals surface area (Å²) in [5.74, 6) is -0.0941. The van der Waals surface area contributed by atoms with E-state index < -0.39 is 5.25 Å². The lowest BCUT2D eigenvalue weighted by atomic mass is 10.1. The predicted octanol–water partition coefficient (Wildman–Crippen LogP) is 5.70. The second-order valence-electron chi connectivity index (χ2n) is 5.93. The van der Waals surface area contributed by atoms with Crippen molar-refractivity contribution in [1.82, 2.24) is 0 Å². The number of carbonyl (C=O) groups is 1. The molecule has 0 fully saturated rings. The minimum absolute atomic E-state index is 0.0941. The van der Waals surface area contributed by atoms with Gasteiger partial charge in [-0.05, 0) is 54.4 Å². The van der Waals surface area contributed by atoms with Gasteiger partial charge in [-0.15, -0.1) is 11.8 Å². The summed E-state index contributed by atoms with van der Waals surface area (Å²) < 4.78 is 0. The number of aryl methyl sites for hydroxylation is 1. The van der Waals surface area contributed by atoms with Crippen LogP contribution in [-0.2, 0) is 4.79 Å². The number of anilines is 2. The number of amides is 1. The van der Waals surface area contributed by atoms with Crippen molar-refractivity contribution < 1.29 is 4.79 Å². The lowest BCUT2D eigenvalue weighted by Crippen LogP contribution is -2.19. The van der Waals surface area contributed by atoms with Gasteiger partial charge in [0.25, 0.3) is 0 Å². The molecule has 0 saturated carbocycles. The van der Waals surface area contributed by atoms with Gasteiger partial charge >= 0.3 is 0 Å². The fourth-order valence-electron chi connectivity index (χ4n) is 2.51. The summed E-state index contributed by atoms with van der Waals surface area (Å²) in [6.07, 6.45) is 0. The zero-order valence-electron chi connectivity index (χ0n) is 14.3. The van der Waals surface area contributed by atoms with Crippen LogP contribution in [0.3, 0.4) is 0 Å². The van der Waals surface area contributed by atoms with Gasteiger partial charge in [-0.25, -0.2) is 0 Å². The van der Waals surface area contributed by atoms with E-state index in [0.717, 1.165) is 21.7 Å². The molecular weight excluding hydrogens is 364 g/mol. The van der Waals surface area contributed by atoms with E-state index in [1.54, 1.807) is 6.07 Å². The molecule has 3 aromatic carbocycles. The third-order valence-electron chi connectivity index (χ3n) is 3.93. The topological polar surface area (TPSA) is 55.1 Å². The Hall–Kier alpha value is -2.43. The van der Waals surface area contributed by atoms with Crippen LogP contribution in [0.25, 0.3) is 0 Å². The van der Waals surface area contributed by atoms with E-state index >= 15 is 0 Å². The van der Waals surface area contributed by atoms with Gasteiger partial charge in [0, 0.05) is 21.3 Å². The molecule has 3 aromatic rings. The van der Waals surface area contributed by atoms with Crippen LogP contribution in [0.5, 0.6) is 0 Å². The van der Waals surface area contributed by atoms with E-state index in [1.165, 1.54) is 11.8 Å². The van der Waals surface area contributed by atoms with Crippen LogP contribution in [-0.4, -0.2) is 5.91 Å². The molecule has 0 aliphatic carbocycles. The highest BCUT2D eigenvalue weighted by Gasteiger charge is 2.22. The van der Waals surface area contributed by atoms with Gasteiger partial charge in [-0.2, -0.15) is 0 Å². The fraction of sp³-hybridized carbons (Fsp3) is 0.0952. The first-order valence-corrected chi connectivity index (χ1v) is 9.43. The summed E-state index contributed by atoms with van der Waals surface area (Å²) in [6, 6.07) is 22.7. The van der Waals surface area contributed by atoms with Crippen LogP contribution in [0.2, 0.25) is 5.02 Å². The van der Waals surface area contributed by atoms with Gasteiger partial charge in [-0.1, -0.05) is 48.0 Å². The van der Waals surface area contributed by atoms with E-state index in [2.05, 4.69) is 5.32 Å². The third kappa shape index (κ3) is 4.59. The Balaban J connectivity index is 1.88. The summed E-state index contributed by atoms with van der Waals surface area (Å²) in [5.41, 5.74) is 9.08. The molecule has 0 heterocycles. The van der Waals surface area contributed by atoms with Crippen molar-refractivity contribution in [3.05, 3.63) is 88.9 Å². The molecule has 1 unspecified atom stereocenters. The number of nitrogen functional groups attached to an aromatic ring is 1. The monoisotopic (exact) mass is 382 g/mol. The quantitative estimate of drug-likeness (QED) is 0.439. The first-order chi connectivity index (χ1) is 12.5. The number of nitrogens with one attached hydrogen (secondary N) is 1. The van der Waals surface area contributed by atoms with Crippen molar-refractivity contribution in [2.24, 2.45) is 0 Å². The molecule has 0 aromatic heterocycles. The molecule has 1 amide bonds. The number of rotatable bonds is 5. The summed E-state index contributed by atoms with van der Waals surface area (Å²) >= 11 is 7.56. The van der Waals surface area contributed by atoms with Crippen molar-refractivity contribution in [3.8, 4) is 0 Å². The average Bonchev–Trinajstić information content (AvgIpc) is 2.65. The van der Waals surface area contributed by atoms with Gasteiger partial charge in [-0.3, -0.25) is 4.79 Å². The maximum atomic E-state index is 13.0. The summed E-state index contributed by atoms with van der Waals surface area (Å²) in [6.45, 7) is 1.94. The van der Waals surface area contributed by atoms with E-state index in [1.807, 2.05) is 73.7 Å². The second kappa shape index (κ2) is 8.30. The molecule has 1 atom stereocenters. The molecule has 0 aliphatic rings. The number of nitrogens with two attached hydrogens (primary N) is 1. The number of thioether (sulfide) groups is 1. The van der Waals surface area contributed by atoms with Crippen LogP contribution >= 0.6 is 23.4 Å². The van der Waals surface area contributed by atoms with Gasteiger partial charge in [0.1, 0.15) is 5.25 Å². The van der Waals surface area contributed by atoms with Gasteiger partial charge in [0.15, 0.2) is 0 Å². The molecule has 132 valence electrons. The number of hydrogen-bond donors (Lipinski definition) is 2. The molecule has 0 spiro atoms. The molecule has 5 heteroatoms. The Bertz CT molecular complexity index is 898. The number of halogens is 1. The first-order valence-electron chi connectivity index (χ1n) is 8.17.